The predicted molar refractivity (Wildman–Crippen MR) is 110 cm³/mol. The van der Waals surface area contributed by atoms with Crippen molar-refractivity contribution in [3.8, 4) is 0 Å². The Bertz CT molecular complexity index is 956. The molecule has 5 nitrogen and oxygen atoms in total. The van der Waals surface area contributed by atoms with Gasteiger partial charge in [-0.25, -0.2) is 0 Å². The minimum atomic E-state index is 0.00212. The summed E-state index contributed by atoms with van der Waals surface area (Å²) in [4.78, 5) is 14.9. The van der Waals surface area contributed by atoms with Crippen LogP contribution in [-0.2, 0) is 6.54 Å². The Kier molecular flexibility index (Phi) is 5.46. The van der Waals surface area contributed by atoms with E-state index < -0.39 is 0 Å². The fourth-order valence-corrected chi connectivity index (χ4v) is 4.09. The van der Waals surface area contributed by atoms with Crippen molar-refractivity contribution in [3.63, 3.8) is 0 Å². The maximum atomic E-state index is 13.0. The van der Waals surface area contributed by atoms with Gasteiger partial charge in [-0.1, -0.05) is 60.1 Å². The van der Waals surface area contributed by atoms with E-state index in [1.165, 1.54) is 5.56 Å². The quantitative estimate of drug-likeness (QED) is 0.721. The summed E-state index contributed by atoms with van der Waals surface area (Å²) in [5.74, 6) is 0.542. The number of aromatic nitrogens is 2. The van der Waals surface area contributed by atoms with Crippen LogP contribution in [0.2, 0.25) is 5.02 Å². The van der Waals surface area contributed by atoms with Gasteiger partial charge in [-0.05, 0) is 29.7 Å². The van der Waals surface area contributed by atoms with Gasteiger partial charge in [-0.2, -0.15) is 5.10 Å². The lowest BCUT2D eigenvalue weighted by Crippen LogP contribution is -2.29. The molecule has 1 aromatic heterocycles. The summed E-state index contributed by atoms with van der Waals surface area (Å²) in [5.41, 5.74) is 8.80. The number of likely N-dealkylation sites (tertiary alicyclic amines) is 1. The zero-order valence-corrected chi connectivity index (χ0v) is 16.3. The maximum absolute atomic E-state index is 13.0. The fourth-order valence-electron chi connectivity index (χ4n) is 3.90. The third-order valence-electron chi connectivity index (χ3n) is 5.43. The van der Waals surface area contributed by atoms with Crippen molar-refractivity contribution in [2.75, 3.05) is 19.6 Å². The van der Waals surface area contributed by atoms with Gasteiger partial charge < -0.3 is 10.6 Å². The van der Waals surface area contributed by atoms with Crippen molar-refractivity contribution in [2.45, 2.75) is 12.5 Å². The molecule has 0 radical (unpaired) electrons. The van der Waals surface area contributed by atoms with E-state index in [4.69, 9.17) is 17.3 Å². The SMILES string of the molecule is NC[C@@H]1CN(C(=O)c2cnn(Cc3ccccc3Cl)c2)C[C@H]1c1ccccc1. The molecule has 1 aliphatic heterocycles. The number of hydrogen-bond donors (Lipinski definition) is 1. The third-order valence-corrected chi connectivity index (χ3v) is 5.80. The van der Waals surface area contributed by atoms with Crippen LogP contribution in [0.1, 0.15) is 27.4 Å². The average molecular weight is 395 g/mol. The minimum absolute atomic E-state index is 0.00212. The first kappa shape index (κ1) is 18.7. The summed E-state index contributed by atoms with van der Waals surface area (Å²) in [5, 5.41) is 5.04. The molecule has 0 unspecified atom stereocenters. The van der Waals surface area contributed by atoms with E-state index in [0.29, 0.717) is 36.8 Å². The smallest absolute Gasteiger partial charge is 0.257 e. The normalized spacial score (nSPS) is 19.1. The summed E-state index contributed by atoms with van der Waals surface area (Å²) in [6.07, 6.45) is 3.42. The van der Waals surface area contributed by atoms with Crippen molar-refractivity contribution in [2.24, 2.45) is 11.7 Å². The van der Waals surface area contributed by atoms with Crippen LogP contribution in [0.3, 0.4) is 0 Å². The highest BCUT2D eigenvalue weighted by Gasteiger charge is 2.35. The van der Waals surface area contributed by atoms with E-state index in [1.807, 2.05) is 47.4 Å². The highest BCUT2D eigenvalue weighted by molar-refractivity contribution is 6.31. The Hall–Kier alpha value is -2.63. The first-order chi connectivity index (χ1) is 13.7. The Labute approximate surface area is 169 Å². The molecule has 1 aliphatic rings. The van der Waals surface area contributed by atoms with Gasteiger partial charge in [-0.3, -0.25) is 9.48 Å². The summed E-state index contributed by atoms with van der Waals surface area (Å²) >= 11 is 6.23. The predicted octanol–water partition coefficient (Wildman–Crippen LogP) is 3.40. The molecular formula is C22H23ClN4O. The molecule has 144 valence electrons. The van der Waals surface area contributed by atoms with Crippen molar-refractivity contribution in [3.05, 3.63) is 88.7 Å². The molecule has 0 bridgehead atoms. The van der Waals surface area contributed by atoms with Crippen LogP contribution >= 0.6 is 11.6 Å². The van der Waals surface area contributed by atoms with Crippen LogP contribution in [0.4, 0.5) is 0 Å². The molecule has 0 saturated carbocycles. The van der Waals surface area contributed by atoms with E-state index >= 15 is 0 Å². The topological polar surface area (TPSA) is 64.2 Å². The lowest BCUT2D eigenvalue weighted by molar-refractivity contribution is 0.0786. The van der Waals surface area contributed by atoms with Crippen LogP contribution in [0.5, 0.6) is 0 Å². The molecule has 1 fully saturated rings. The van der Waals surface area contributed by atoms with Crippen LogP contribution in [0.15, 0.2) is 67.0 Å². The van der Waals surface area contributed by atoms with Gasteiger partial charge in [0.2, 0.25) is 0 Å². The third kappa shape index (κ3) is 3.81. The number of nitrogens with two attached hydrogens (primary N) is 1. The molecule has 1 amide bonds. The van der Waals surface area contributed by atoms with Crippen LogP contribution in [-0.4, -0.2) is 40.2 Å². The van der Waals surface area contributed by atoms with Gasteiger partial charge in [0.15, 0.2) is 0 Å². The van der Waals surface area contributed by atoms with Crippen molar-refractivity contribution in [1.82, 2.24) is 14.7 Å². The molecule has 6 heteroatoms. The second-order valence-corrected chi connectivity index (χ2v) is 7.65. The zero-order valence-electron chi connectivity index (χ0n) is 15.5. The van der Waals surface area contributed by atoms with E-state index in [9.17, 15) is 4.79 Å². The monoisotopic (exact) mass is 394 g/mol. The first-order valence-electron chi connectivity index (χ1n) is 9.46. The molecule has 4 rings (SSSR count). The molecule has 2 N–H and O–H groups in total. The molecular weight excluding hydrogens is 372 g/mol. The number of carbonyl (C=O) groups is 1. The zero-order chi connectivity index (χ0) is 19.5. The highest BCUT2D eigenvalue weighted by atomic mass is 35.5. The van der Waals surface area contributed by atoms with Crippen molar-refractivity contribution < 1.29 is 4.79 Å². The van der Waals surface area contributed by atoms with E-state index in [1.54, 1.807) is 17.1 Å². The van der Waals surface area contributed by atoms with Crippen LogP contribution in [0, 0.1) is 5.92 Å². The lowest BCUT2D eigenvalue weighted by Gasteiger charge is -2.16. The standard InChI is InChI=1S/C22H23ClN4O/c23-21-9-5-4-8-17(21)13-27-14-19(11-25-27)22(28)26-12-18(10-24)20(15-26)16-6-2-1-3-7-16/h1-9,11,14,18,20H,10,12-13,15,24H2/t18-,20+/m1/s1. The number of nitrogens with zero attached hydrogens (tertiary/aromatic N) is 3. The molecule has 0 spiro atoms. The largest absolute Gasteiger partial charge is 0.338 e. The second kappa shape index (κ2) is 8.17. The number of benzene rings is 2. The Balaban J connectivity index is 1.48. The molecule has 1 saturated heterocycles. The number of amides is 1. The molecule has 28 heavy (non-hydrogen) atoms. The van der Waals surface area contributed by atoms with Gasteiger partial charge in [0.05, 0.1) is 18.3 Å². The minimum Gasteiger partial charge on any atom is -0.338 e. The average Bonchev–Trinajstić information content (AvgIpc) is 3.37. The summed E-state index contributed by atoms with van der Waals surface area (Å²) in [6.45, 7) is 2.45. The summed E-state index contributed by atoms with van der Waals surface area (Å²) < 4.78 is 1.75. The van der Waals surface area contributed by atoms with Gasteiger partial charge in [0.1, 0.15) is 0 Å². The van der Waals surface area contributed by atoms with Crippen LogP contribution < -0.4 is 5.73 Å². The van der Waals surface area contributed by atoms with Gasteiger partial charge in [-0.15, -0.1) is 0 Å². The van der Waals surface area contributed by atoms with Gasteiger partial charge >= 0.3 is 0 Å². The maximum Gasteiger partial charge on any atom is 0.257 e. The summed E-state index contributed by atoms with van der Waals surface area (Å²) in [7, 11) is 0. The second-order valence-electron chi connectivity index (χ2n) is 7.24. The number of carbonyl (C=O) groups excluding carboxylic acids is 1. The fraction of sp³-hybridized carbons (Fsp3) is 0.273. The van der Waals surface area contributed by atoms with E-state index in [0.717, 1.165) is 5.56 Å². The molecule has 3 aromatic rings. The lowest BCUT2D eigenvalue weighted by atomic mass is 9.89. The van der Waals surface area contributed by atoms with Crippen molar-refractivity contribution in [1.29, 1.82) is 0 Å². The number of halogens is 1. The van der Waals surface area contributed by atoms with Crippen molar-refractivity contribution >= 4 is 17.5 Å². The Morgan fingerprint density at radius 3 is 2.61 bits per heavy atom. The molecule has 2 aromatic carbocycles. The number of hydrogen-bond acceptors (Lipinski definition) is 3. The van der Waals surface area contributed by atoms with E-state index in [-0.39, 0.29) is 17.7 Å². The Morgan fingerprint density at radius 2 is 1.86 bits per heavy atom. The molecule has 0 aliphatic carbocycles. The van der Waals surface area contributed by atoms with Crippen LogP contribution in [0.25, 0.3) is 0 Å². The van der Waals surface area contributed by atoms with Gasteiger partial charge in [0, 0.05) is 30.2 Å². The first-order valence-corrected chi connectivity index (χ1v) is 9.83. The highest BCUT2D eigenvalue weighted by Crippen LogP contribution is 2.32. The summed E-state index contributed by atoms with van der Waals surface area (Å²) in [6, 6.07) is 18.0. The van der Waals surface area contributed by atoms with Gasteiger partial charge in [0.25, 0.3) is 5.91 Å². The Morgan fingerprint density at radius 1 is 1.11 bits per heavy atom. The molecule has 2 atom stereocenters. The molecule has 2 heterocycles. The number of rotatable bonds is 5. The van der Waals surface area contributed by atoms with E-state index in [2.05, 4.69) is 17.2 Å².